The molecule has 2 aromatic carbocycles. The Hall–Kier alpha value is -2.25. The van der Waals surface area contributed by atoms with E-state index in [0.717, 1.165) is 21.7 Å². The minimum absolute atomic E-state index is 0.206. The zero-order valence-corrected chi connectivity index (χ0v) is 18.9. The van der Waals surface area contributed by atoms with Crippen LogP contribution in [0.5, 0.6) is 5.75 Å². The van der Waals surface area contributed by atoms with Gasteiger partial charge in [-0.1, -0.05) is 36.7 Å². The summed E-state index contributed by atoms with van der Waals surface area (Å²) in [7, 11) is -2.22. The molecule has 158 valence electrons. The van der Waals surface area contributed by atoms with Gasteiger partial charge in [0.2, 0.25) is 15.9 Å². The Morgan fingerprint density at radius 2 is 1.86 bits per heavy atom. The number of halogens is 1. The number of carbonyl (C=O) groups is 1. The molecule has 0 unspecified atom stereocenters. The van der Waals surface area contributed by atoms with Crippen LogP contribution in [0.2, 0.25) is 5.02 Å². The van der Waals surface area contributed by atoms with Gasteiger partial charge in [-0.2, -0.15) is 0 Å². The van der Waals surface area contributed by atoms with Crippen LogP contribution in [0.3, 0.4) is 0 Å². The quantitative estimate of drug-likeness (QED) is 0.675. The van der Waals surface area contributed by atoms with E-state index in [-0.39, 0.29) is 17.6 Å². The predicted octanol–water partition coefficient (Wildman–Crippen LogP) is 4.00. The smallest absolute Gasteiger partial charge is 0.241 e. The molecule has 1 N–H and O–H groups in total. The maximum absolute atomic E-state index is 12.7. The lowest BCUT2D eigenvalue weighted by molar-refractivity contribution is -0.120. The standard InChI is InChI=1S/C21H27ClN2O4S/c1-6-19(16-8-7-14(2)15(3)11-16)23-21(25)13-24(29(5,26)27)17-9-10-20(28-4)18(22)12-17/h7-12,19H,6,13H2,1-5H3,(H,23,25)/t19-/m1/s1. The molecule has 1 atom stereocenters. The van der Waals surface area contributed by atoms with E-state index in [1.54, 1.807) is 12.1 Å². The number of aryl methyl sites for hydroxylation is 2. The number of rotatable bonds is 8. The van der Waals surface area contributed by atoms with Gasteiger partial charge in [0.1, 0.15) is 12.3 Å². The molecule has 29 heavy (non-hydrogen) atoms. The van der Waals surface area contributed by atoms with Crippen molar-refractivity contribution in [3.8, 4) is 5.75 Å². The molecule has 0 fully saturated rings. The third-order valence-corrected chi connectivity index (χ3v) is 6.22. The van der Waals surface area contributed by atoms with Gasteiger partial charge >= 0.3 is 0 Å². The van der Waals surface area contributed by atoms with E-state index in [2.05, 4.69) is 5.32 Å². The highest BCUT2D eigenvalue weighted by Gasteiger charge is 2.23. The Kier molecular flexibility index (Phi) is 7.54. The van der Waals surface area contributed by atoms with Crippen LogP contribution in [0.25, 0.3) is 0 Å². The Bertz CT molecular complexity index is 992. The number of methoxy groups -OCH3 is 1. The Morgan fingerprint density at radius 1 is 1.17 bits per heavy atom. The van der Waals surface area contributed by atoms with Crippen molar-refractivity contribution in [2.45, 2.75) is 33.2 Å². The molecule has 0 radical (unpaired) electrons. The zero-order valence-electron chi connectivity index (χ0n) is 17.3. The molecule has 0 heterocycles. The highest BCUT2D eigenvalue weighted by molar-refractivity contribution is 7.92. The summed E-state index contributed by atoms with van der Waals surface area (Å²) in [5.74, 6) is 0.0292. The average molecular weight is 439 g/mol. The average Bonchev–Trinajstić information content (AvgIpc) is 2.65. The summed E-state index contributed by atoms with van der Waals surface area (Å²) in [6, 6.07) is 10.4. The minimum Gasteiger partial charge on any atom is -0.495 e. The normalized spacial score (nSPS) is 12.3. The molecule has 0 aliphatic rings. The van der Waals surface area contributed by atoms with E-state index < -0.39 is 15.9 Å². The van der Waals surface area contributed by atoms with Crippen LogP contribution < -0.4 is 14.4 Å². The highest BCUT2D eigenvalue weighted by Crippen LogP contribution is 2.30. The summed E-state index contributed by atoms with van der Waals surface area (Å²) in [6.45, 7) is 5.68. The maximum atomic E-state index is 12.7. The number of carbonyl (C=O) groups excluding carboxylic acids is 1. The first kappa shape index (κ1) is 23.0. The summed E-state index contributed by atoms with van der Waals surface area (Å²) in [5, 5.41) is 3.20. The molecule has 6 nitrogen and oxygen atoms in total. The second-order valence-electron chi connectivity index (χ2n) is 6.96. The number of sulfonamides is 1. The van der Waals surface area contributed by atoms with E-state index in [4.69, 9.17) is 16.3 Å². The molecule has 0 saturated carbocycles. The molecular weight excluding hydrogens is 412 g/mol. The lowest BCUT2D eigenvalue weighted by atomic mass is 9.99. The first-order valence-corrected chi connectivity index (χ1v) is 11.5. The SMILES string of the molecule is CC[C@@H](NC(=O)CN(c1ccc(OC)c(Cl)c1)S(C)(=O)=O)c1ccc(C)c(C)c1. The van der Waals surface area contributed by atoms with Crippen LogP contribution in [0.1, 0.15) is 36.1 Å². The second kappa shape index (κ2) is 9.50. The number of amides is 1. The topological polar surface area (TPSA) is 75.7 Å². The fourth-order valence-corrected chi connectivity index (χ4v) is 4.08. The predicted molar refractivity (Wildman–Crippen MR) is 117 cm³/mol. The van der Waals surface area contributed by atoms with Crippen molar-refractivity contribution in [1.82, 2.24) is 5.32 Å². The molecule has 0 aliphatic heterocycles. The molecule has 8 heteroatoms. The van der Waals surface area contributed by atoms with Crippen LogP contribution in [0.4, 0.5) is 5.69 Å². The van der Waals surface area contributed by atoms with E-state index in [9.17, 15) is 13.2 Å². The first-order valence-electron chi connectivity index (χ1n) is 9.24. The number of nitrogens with one attached hydrogen (secondary N) is 1. The summed E-state index contributed by atoms with van der Waals surface area (Å²) >= 11 is 6.13. The van der Waals surface area contributed by atoms with Crippen LogP contribution in [-0.4, -0.2) is 34.2 Å². The van der Waals surface area contributed by atoms with E-state index in [0.29, 0.717) is 17.9 Å². The van der Waals surface area contributed by atoms with Crippen molar-refractivity contribution >= 4 is 33.2 Å². The lowest BCUT2D eigenvalue weighted by Gasteiger charge is -2.24. The second-order valence-corrected chi connectivity index (χ2v) is 9.27. The highest BCUT2D eigenvalue weighted by atomic mass is 35.5. The van der Waals surface area contributed by atoms with Gasteiger partial charge in [0.15, 0.2) is 0 Å². The molecule has 2 aromatic rings. The third-order valence-electron chi connectivity index (χ3n) is 4.79. The molecular formula is C21H27ClN2O4S. The van der Waals surface area contributed by atoms with E-state index in [1.165, 1.54) is 18.7 Å². The van der Waals surface area contributed by atoms with Crippen LogP contribution in [-0.2, 0) is 14.8 Å². The van der Waals surface area contributed by atoms with Crippen molar-refractivity contribution in [2.24, 2.45) is 0 Å². The van der Waals surface area contributed by atoms with E-state index in [1.807, 2.05) is 39.0 Å². The number of hydrogen-bond donors (Lipinski definition) is 1. The molecule has 2 rings (SSSR count). The van der Waals surface area contributed by atoms with Crippen LogP contribution in [0, 0.1) is 13.8 Å². The van der Waals surface area contributed by atoms with Gasteiger partial charge in [0, 0.05) is 0 Å². The summed E-state index contributed by atoms with van der Waals surface area (Å²) in [6.07, 6.45) is 1.74. The van der Waals surface area contributed by atoms with Gasteiger partial charge in [0.05, 0.1) is 30.1 Å². The van der Waals surface area contributed by atoms with Gasteiger partial charge in [-0.3, -0.25) is 9.10 Å². The number of anilines is 1. The van der Waals surface area contributed by atoms with Crippen molar-refractivity contribution in [3.63, 3.8) is 0 Å². The fourth-order valence-electron chi connectivity index (χ4n) is 2.98. The summed E-state index contributed by atoms with van der Waals surface area (Å²) in [5.41, 5.74) is 3.60. The molecule has 0 spiro atoms. The lowest BCUT2D eigenvalue weighted by Crippen LogP contribution is -2.41. The molecule has 0 bridgehead atoms. The molecule has 0 aliphatic carbocycles. The molecule has 1 amide bonds. The largest absolute Gasteiger partial charge is 0.495 e. The van der Waals surface area contributed by atoms with Gasteiger partial charge in [-0.05, 0) is 55.2 Å². The molecule has 0 aromatic heterocycles. The number of ether oxygens (including phenoxy) is 1. The van der Waals surface area contributed by atoms with Crippen LogP contribution in [0.15, 0.2) is 36.4 Å². The van der Waals surface area contributed by atoms with Crippen molar-refractivity contribution < 1.29 is 17.9 Å². The number of benzene rings is 2. The monoisotopic (exact) mass is 438 g/mol. The number of hydrogen-bond acceptors (Lipinski definition) is 4. The maximum Gasteiger partial charge on any atom is 0.241 e. The Morgan fingerprint density at radius 3 is 2.38 bits per heavy atom. The zero-order chi connectivity index (χ0) is 21.8. The van der Waals surface area contributed by atoms with E-state index >= 15 is 0 Å². The minimum atomic E-state index is -3.70. The summed E-state index contributed by atoms with van der Waals surface area (Å²) < 4.78 is 30.8. The first-order chi connectivity index (χ1) is 13.6. The summed E-state index contributed by atoms with van der Waals surface area (Å²) in [4.78, 5) is 12.7. The van der Waals surface area contributed by atoms with Crippen LogP contribution >= 0.6 is 11.6 Å². The molecule has 0 saturated heterocycles. The van der Waals surface area contributed by atoms with Crippen molar-refractivity contribution in [3.05, 3.63) is 58.1 Å². The van der Waals surface area contributed by atoms with Crippen molar-refractivity contribution in [2.75, 3.05) is 24.2 Å². The van der Waals surface area contributed by atoms with Crippen molar-refractivity contribution in [1.29, 1.82) is 0 Å². The Labute approximate surface area is 177 Å². The van der Waals surface area contributed by atoms with Gasteiger partial charge in [-0.25, -0.2) is 8.42 Å². The fraction of sp³-hybridized carbons (Fsp3) is 0.381. The third kappa shape index (κ3) is 5.87. The van der Waals surface area contributed by atoms with Gasteiger partial charge in [0.25, 0.3) is 0 Å². The Balaban J connectivity index is 2.23. The number of nitrogens with zero attached hydrogens (tertiary/aromatic N) is 1. The van der Waals surface area contributed by atoms with Gasteiger partial charge in [-0.15, -0.1) is 0 Å². The van der Waals surface area contributed by atoms with Gasteiger partial charge < -0.3 is 10.1 Å².